The largest absolute Gasteiger partial charge is 0.477 e. The Morgan fingerprint density at radius 2 is 1.63 bits per heavy atom. The maximum absolute atomic E-state index is 11.9. The van der Waals surface area contributed by atoms with Crippen molar-refractivity contribution in [2.75, 3.05) is 6.26 Å². The van der Waals surface area contributed by atoms with Gasteiger partial charge >= 0.3 is 5.97 Å². The highest BCUT2D eigenvalue weighted by Gasteiger charge is 2.22. The van der Waals surface area contributed by atoms with E-state index in [-0.39, 0.29) is 18.1 Å². The van der Waals surface area contributed by atoms with E-state index in [1.165, 1.54) is 23.5 Å². The van der Waals surface area contributed by atoms with Crippen molar-refractivity contribution < 1.29 is 14.6 Å². The zero-order valence-electron chi connectivity index (χ0n) is 14.7. The van der Waals surface area contributed by atoms with Crippen LogP contribution in [-0.4, -0.2) is 27.3 Å². The Kier molecular flexibility index (Phi) is 6.73. The fraction of sp³-hybridized carbons (Fsp3) is 0.150. The van der Waals surface area contributed by atoms with Crippen molar-refractivity contribution >= 4 is 29.5 Å². The molecule has 0 bridgehead atoms. The van der Waals surface area contributed by atoms with Gasteiger partial charge < -0.3 is 9.84 Å². The molecular formula is C20H18N2O3S2. The summed E-state index contributed by atoms with van der Waals surface area (Å²) in [5, 5.41) is 10.6. The Hall–Kier alpha value is -2.51. The van der Waals surface area contributed by atoms with Gasteiger partial charge in [0.05, 0.1) is 0 Å². The third-order valence-corrected chi connectivity index (χ3v) is 5.25. The first-order chi connectivity index (χ1) is 13.2. The Morgan fingerprint density at radius 3 is 2.22 bits per heavy atom. The van der Waals surface area contributed by atoms with Crippen LogP contribution in [0.5, 0.6) is 5.88 Å². The molecule has 0 aliphatic carbocycles. The van der Waals surface area contributed by atoms with E-state index >= 15 is 0 Å². The number of thioether (sulfide) groups is 2. The molecular weight excluding hydrogens is 380 g/mol. The van der Waals surface area contributed by atoms with Gasteiger partial charge in [-0.15, -0.1) is 11.8 Å². The van der Waals surface area contributed by atoms with Gasteiger partial charge in [0.25, 0.3) is 0 Å². The first-order valence-corrected chi connectivity index (χ1v) is 10.4. The smallest absolute Gasteiger partial charge is 0.344 e. The number of aromatic carboxylic acids is 1. The van der Waals surface area contributed by atoms with Crippen LogP contribution in [0.1, 0.15) is 21.5 Å². The summed E-state index contributed by atoms with van der Waals surface area (Å²) in [6.07, 6.45) is 1.85. The summed E-state index contributed by atoms with van der Waals surface area (Å²) in [5.41, 5.74) is 2.04. The number of hydrogen-bond acceptors (Lipinski definition) is 6. The highest BCUT2D eigenvalue weighted by Crippen LogP contribution is 2.32. The number of benzene rings is 2. The zero-order valence-corrected chi connectivity index (χ0v) is 16.3. The lowest BCUT2D eigenvalue weighted by atomic mass is 10.2. The fourth-order valence-corrected chi connectivity index (χ4v) is 3.72. The van der Waals surface area contributed by atoms with Gasteiger partial charge in [0.2, 0.25) is 5.88 Å². The molecule has 5 nitrogen and oxygen atoms in total. The van der Waals surface area contributed by atoms with E-state index in [4.69, 9.17) is 4.74 Å². The van der Waals surface area contributed by atoms with Crippen LogP contribution < -0.4 is 4.74 Å². The monoisotopic (exact) mass is 398 g/mol. The molecule has 0 saturated heterocycles. The first kappa shape index (κ1) is 19.3. The Morgan fingerprint density at radius 1 is 1.00 bits per heavy atom. The molecule has 2 aromatic carbocycles. The molecule has 0 aliphatic heterocycles. The molecule has 3 rings (SSSR count). The molecule has 0 unspecified atom stereocenters. The van der Waals surface area contributed by atoms with Crippen molar-refractivity contribution in [2.24, 2.45) is 0 Å². The van der Waals surface area contributed by atoms with E-state index < -0.39 is 5.97 Å². The lowest BCUT2D eigenvalue weighted by Gasteiger charge is -2.13. The minimum atomic E-state index is -1.10. The van der Waals surface area contributed by atoms with Gasteiger partial charge in [0.15, 0.2) is 10.7 Å². The van der Waals surface area contributed by atoms with Crippen molar-refractivity contribution in [3.63, 3.8) is 0 Å². The summed E-state index contributed by atoms with van der Waals surface area (Å²) in [6, 6.07) is 19.4. The third-order valence-electron chi connectivity index (χ3n) is 3.66. The zero-order chi connectivity index (χ0) is 19.1. The Balaban J connectivity index is 1.88. The van der Waals surface area contributed by atoms with Gasteiger partial charge in [-0.3, -0.25) is 0 Å². The van der Waals surface area contributed by atoms with Gasteiger partial charge in [-0.05, 0) is 17.4 Å². The highest BCUT2D eigenvalue weighted by molar-refractivity contribution is 7.99. The minimum Gasteiger partial charge on any atom is -0.477 e. The van der Waals surface area contributed by atoms with Crippen LogP contribution in [0.15, 0.2) is 70.8 Å². The summed E-state index contributed by atoms with van der Waals surface area (Å²) in [7, 11) is 0. The number of aromatic nitrogens is 2. The molecule has 1 aromatic heterocycles. The molecule has 138 valence electrons. The summed E-state index contributed by atoms with van der Waals surface area (Å²) in [6.45, 7) is 0.245. The SMILES string of the molecule is CSc1nc(OCc2ccccc2)c(C(=O)O)c(SCc2ccccc2)n1. The average molecular weight is 399 g/mol. The van der Waals surface area contributed by atoms with Crippen LogP contribution >= 0.6 is 23.5 Å². The predicted molar refractivity (Wildman–Crippen MR) is 108 cm³/mol. The fourth-order valence-electron chi connectivity index (χ4n) is 2.34. The molecule has 0 amide bonds. The van der Waals surface area contributed by atoms with Crippen molar-refractivity contribution in [1.29, 1.82) is 0 Å². The highest BCUT2D eigenvalue weighted by atomic mass is 32.2. The number of ether oxygens (including phenoxy) is 1. The first-order valence-electron chi connectivity index (χ1n) is 8.20. The van der Waals surface area contributed by atoms with E-state index in [0.717, 1.165) is 11.1 Å². The summed E-state index contributed by atoms with van der Waals surface area (Å²) < 4.78 is 5.76. The molecule has 0 radical (unpaired) electrons. The molecule has 1 heterocycles. The second-order valence-corrected chi connectivity index (χ2v) is 7.29. The van der Waals surface area contributed by atoms with Gasteiger partial charge in [-0.2, -0.15) is 4.98 Å². The molecule has 0 saturated carbocycles. The normalized spacial score (nSPS) is 10.6. The van der Waals surface area contributed by atoms with Crippen molar-refractivity contribution in [1.82, 2.24) is 9.97 Å². The molecule has 0 fully saturated rings. The number of carboxylic acid groups (broad SMARTS) is 1. The standard InChI is InChI=1S/C20H18N2O3S2/c1-26-20-21-17(25-12-14-8-4-2-5-9-14)16(19(23)24)18(22-20)27-13-15-10-6-3-7-11-15/h2-11H,12-13H2,1H3,(H,23,24). The van der Waals surface area contributed by atoms with Gasteiger partial charge in [-0.1, -0.05) is 72.4 Å². The summed E-state index contributed by atoms with van der Waals surface area (Å²) in [5.74, 6) is -0.382. The Labute approximate surface area is 166 Å². The van der Waals surface area contributed by atoms with E-state index in [9.17, 15) is 9.90 Å². The molecule has 0 atom stereocenters. The molecule has 3 aromatic rings. The third kappa shape index (κ3) is 5.24. The van der Waals surface area contributed by atoms with Crippen LogP contribution in [0.3, 0.4) is 0 Å². The second kappa shape index (κ2) is 9.43. The van der Waals surface area contributed by atoms with E-state index in [0.29, 0.717) is 15.9 Å². The molecule has 27 heavy (non-hydrogen) atoms. The van der Waals surface area contributed by atoms with Gasteiger partial charge in [-0.25, -0.2) is 9.78 Å². The quantitative estimate of drug-likeness (QED) is 0.333. The lowest BCUT2D eigenvalue weighted by Crippen LogP contribution is -2.10. The van der Waals surface area contributed by atoms with Crippen LogP contribution in [0.4, 0.5) is 0 Å². The Bertz CT molecular complexity index is 841. The maximum atomic E-state index is 11.9. The minimum absolute atomic E-state index is 0.00432. The van der Waals surface area contributed by atoms with Crippen molar-refractivity contribution in [3.8, 4) is 5.88 Å². The maximum Gasteiger partial charge on any atom is 0.344 e. The molecule has 0 aliphatic rings. The van der Waals surface area contributed by atoms with Crippen LogP contribution in [-0.2, 0) is 12.4 Å². The molecule has 7 heteroatoms. The summed E-state index contributed by atoms with van der Waals surface area (Å²) >= 11 is 2.72. The van der Waals surface area contributed by atoms with Crippen LogP contribution in [0, 0.1) is 0 Å². The van der Waals surface area contributed by atoms with Crippen LogP contribution in [0.25, 0.3) is 0 Å². The summed E-state index contributed by atoms with van der Waals surface area (Å²) in [4.78, 5) is 20.6. The molecule has 0 spiro atoms. The van der Waals surface area contributed by atoms with Crippen LogP contribution in [0.2, 0.25) is 0 Å². The van der Waals surface area contributed by atoms with E-state index in [1.807, 2.05) is 66.9 Å². The van der Waals surface area contributed by atoms with Gasteiger partial charge in [0.1, 0.15) is 11.6 Å². The number of hydrogen-bond donors (Lipinski definition) is 1. The van der Waals surface area contributed by atoms with E-state index in [1.54, 1.807) is 0 Å². The van der Waals surface area contributed by atoms with Crippen molar-refractivity contribution in [2.45, 2.75) is 22.5 Å². The second-order valence-electron chi connectivity index (χ2n) is 5.55. The van der Waals surface area contributed by atoms with Crippen molar-refractivity contribution in [3.05, 3.63) is 77.4 Å². The number of carboxylic acids is 1. The molecule has 1 N–H and O–H groups in total. The topological polar surface area (TPSA) is 72.3 Å². The van der Waals surface area contributed by atoms with E-state index in [2.05, 4.69) is 9.97 Å². The van der Waals surface area contributed by atoms with Gasteiger partial charge in [0, 0.05) is 5.75 Å². The number of rotatable bonds is 8. The average Bonchev–Trinajstić information content (AvgIpc) is 2.71. The lowest BCUT2D eigenvalue weighted by molar-refractivity contribution is 0.0684. The number of carbonyl (C=O) groups is 1. The number of nitrogens with zero attached hydrogens (tertiary/aromatic N) is 2. The predicted octanol–water partition coefficient (Wildman–Crippen LogP) is 4.77.